The number of nitrogens with zero attached hydrogens (tertiary/aromatic N) is 1. The standard InChI is InChI=1S/C30H40ClN3O4/c1-2-3-4-5-6-7-8-9-10-11-12-16-28(35)32-23-29(36)34-33-22-24-17-19-27(20-18-24)38-30(37)25-14-13-15-26(31)21-25/h13-15,17-22H,2-12,16,23H2,1H3,(H,32,35)(H,34,36)/b33-22+. The number of amides is 2. The van der Waals surface area contributed by atoms with E-state index in [0.29, 0.717) is 28.3 Å². The largest absolute Gasteiger partial charge is 0.423 e. The van der Waals surface area contributed by atoms with E-state index in [2.05, 4.69) is 22.8 Å². The Labute approximate surface area is 231 Å². The van der Waals surface area contributed by atoms with Gasteiger partial charge in [-0.15, -0.1) is 0 Å². The Hall–Kier alpha value is -3.19. The fourth-order valence-electron chi connectivity index (χ4n) is 3.84. The van der Waals surface area contributed by atoms with E-state index in [1.54, 1.807) is 42.5 Å². The van der Waals surface area contributed by atoms with Crippen LogP contribution < -0.4 is 15.5 Å². The van der Waals surface area contributed by atoms with Gasteiger partial charge in [0, 0.05) is 11.4 Å². The van der Waals surface area contributed by atoms with Gasteiger partial charge in [0.25, 0.3) is 5.91 Å². The molecule has 0 bridgehead atoms. The SMILES string of the molecule is CCCCCCCCCCCCCC(=O)NCC(=O)N/N=C/c1ccc(OC(=O)c2cccc(Cl)c2)cc1. The van der Waals surface area contributed by atoms with Crippen LogP contribution in [0.5, 0.6) is 5.75 Å². The van der Waals surface area contributed by atoms with Crippen LogP contribution in [0.3, 0.4) is 0 Å². The monoisotopic (exact) mass is 541 g/mol. The van der Waals surface area contributed by atoms with Gasteiger partial charge in [-0.05, 0) is 54.4 Å². The van der Waals surface area contributed by atoms with Crippen molar-refractivity contribution in [1.29, 1.82) is 0 Å². The molecule has 2 rings (SSSR count). The first-order chi connectivity index (χ1) is 18.5. The van der Waals surface area contributed by atoms with Crippen LogP contribution in [0.15, 0.2) is 53.6 Å². The highest BCUT2D eigenvalue weighted by Crippen LogP contribution is 2.16. The first kappa shape index (κ1) is 31.0. The van der Waals surface area contributed by atoms with Gasteiger partial charge in [0.15, 0.2) is 0 Å². The van der Waals surface area contributed by atoms with Crippen LogP contribution in [-0.4, -0.2) is 30.5 Å². The van der Waals surface area contributed by atoms with E-state index < -0.39 is 11.9 Å². The number of benzene rings is 2. The molecule has 8 heteroatoms. The minimum atomic E-state index is -0.508. The number of hydrogen-bond acceptors (Lipinski definition) is 5. The summed E-state index contributed by atoms with van der Waals surface area (Å²) in [6.45, 7) is 2.12. The van der Waals surface area contributed by atoms with Crippen LogP contribution in [0.25, 0.3) is 0 Å². The summed E-state index contributed by atoms with van der Waals surface area (Å²) in [5.41, 5.74) is 3.45. The summed E-state index contributed by atoms with van der Waals surface area (Å²) in [4.78, 5) is 36.1. The Morgan fingerprint density at radius 3 is 2.11 bits per heavy atom. The number of unbranched alkanes of at least 4 members (excludes halogenated alkanes) is 10. The average Bonchev–Trinajstić information content (AvgIpc) is 2.91. The summed E-state index contributed by atoms with van der Waals surface area (Å²) in [6.07, 6.45) is 15.4. The fraction of sp³-hybridized carbons (Fsp3) is 0.467. The van der Waals surface area contributed by atoms with Gasteiger partial charge in [0.1, 0.15) is 5.75 Å². The van der Waals surface area contributed by atoms with Crippen LogP contribution >= 0.6 is 11.6 Å². The number of halogens is 1. The van der Waals surface area contributed by atoms with Crippen LogP contribution in [0.4, 0.5) is 0 Å². The van der Waals surface area contributed by atoms with Crippen molar-refractivity contribution in [3.63, 3.8) is 0 Å². The lowest BCUT2D eigenvalue weighted by molar-refractivity contribution is -0.126. The molecule has 0 unspecified atom stereocenters. The van der Waals surface area contributed by atoms with Crippen molar-refractivity contribution in [3.8, 4) is 5.75 Å². The Balaban J connectivity index is 1.53. The highest BCUT2D eigenvalue weighted by Gasteiger charge is 2.09. The molecule has 2 aromatic rings. The Morgan fingerprint density at radius 2 is 1.47 bits per heavy atom. The van der Waals surface area contributed by atoms with E-state index in [1.165, 1.54) is 63.6 Å². The molecule has 0 heterocycles. The molecule has 0 aliphatic rings. The molecule has 206 valence electrons. The van der Waals surface area contributed by atoms with Gasteiger partial charge in [-0.25, -0.2) is 10.2 Å². The second-order valence-electron chi connectivity index (χ2n) is 9.32. The zero-order chi connectivity index (χ0) is 27.4. The summed E-state index contributed by atoms with van der Waals surface area (Å²) in [6, 6.07) is 13.2. The maximum Gasteiger partial charge on any atom is 0.343 e. The number of rotatable bonds is 18. The van der Waals surface area contributed by atoms with Crippen LogP contribution in [0, 0.1) is 0 Å². The molecular formula is C30H40ClN3O4. The quantitative estimate of drug-likeness (QED) is 0.0710. The van der Waals surface area contributed by atoms with Gasteiger partial charge in [-0.2, -0.15) is 5.10 Å². The summed E-state index contributed by atoms with van der Waals surface area (Å²) < 4.78 is 5.33. The lowest BCUT2D eigenvalue weighted by atomic mass is 10.1. The number of hydrogen-bond donors (Lipinski definition) is 2. The van der Waals surface area contributed by atoms with Gasteiger partial charge >= 0.3 is 5.97 Å². The van der Waals surface area contributed by atoms with Gasteiger partial charge < -0.3 is 10.1 Å². The molecule has 38 heavy (non-hydrogen) atoms. The molecule has 0 aromatic heterocycles. The summed E-state index contributed by atoms with van der Waals surface area (Å²) in [5, 5.41) is 6.98. The lowest BCUT2D eigenvalue weighted by Gasteiger charge is -2.05. The third-order valence-corrected chi connectivity index (χ3v) is 6.24. The number of hydrazone groups is 1. The molecule has 0 saturated carbocycles. The molecule has 0 aliphatic heterocycles. The molecule has 0 spiro atoms. The van der Waals surface area contributed by atoms with Crippen molar-refractivity contribution in [3.05, 3.63) is 64.7 Å². The Kier molecular flexibility index (Phi) is 15.5. The van der Waals surface area contributed by atoms with E-state index in [9.17, 15) is 14.4 Å². The first-order valence-electron chi connectivity index (χ1n) is 13.6. The summed E-state index contributed by atoms with van der Waals surface area (Å²) in [5.74, 6) is -0.660. The van der Waals surface area contributed by atoms with Crippen molar-refractivity contribution >= 4 is 35.6 Å². The lowest BCUT2D eigenvalue weighted by Crippen LogP contribution is -2.34. The maximum atomic E-state index is 12.2. The number of nitrogens with one attached hydrogen (secondary N) is 2. The van der Waals surface area contributed by atoms with E-state index in [0.717, 1.165) is 19.3 Å². The zero-order valence-electron chi connectivity index (χ0n) is 22.3. The third-order valence-electron chi connectivity index (χ3n) is 6.01. The number of carbonyl (C=O) groups is 3. The molecule has 0 radical (unpaired) electrons. The van der Waals surface area contributed by atoms with E-state index in [-0.39, 0.29) is 12.5 Å². The Bertz CT molecular complexity index is 1020. The van der Waals surface area contributed by atoms with Crippen molar-refractivity contribution < 1.29 is 19.1 Å². The number of esters is 1. The van der Waals surface area contributed by atoms with Gasteiger partial charge in [0.2, 0.25) is 5.91 Å². The van der Waals surface area contributed by atoms with E-state index in [1.807, 2.05) is 0 Å². The summed E-state index contributed by atoms with van der Waals surface area (Å²) in [7, 11) is 0. The van der Waals surface area contributed by atoms with Crippen LogP contribution in [0.2, 0.25) is 5.02 Å². The van der Waals surface area contributed by atoms with E-state index >= 15 is 0 Å². The van der Waals surface area contributed by atoms with Gasteiger partial charge in [0.05, 0.1) is 18.3 Å². The summed E-state index contributed by atoms with van der Waals surface area (Å²) >= 11 is 5.90. The van der Waals surface area contributed by atoms with Gasteiger partial charge in [-0.3, -0.25) is 9.59 Å². The smallest absolute Gasteiger partial charge is 0.343 e. The Morgan fingerprint density at radius 1 is 0.842 bits per heavy atom. The molecule has 0 fully saturated rings. The normalized spacial score (nSPS) is 10.9. The highest BCUT2D eigenvalue weighted by atomic mass is 35.5. The minimum absolute atomic E-state index is 0.118. The zero-order valence-corrected chi connectivity index (χ0v) is 23.1. The van der Waals surface area contributed by atoms with Crippen molar-refractivity contribution in [2.24, 2.45) is 5.10 Å². The molecule has 2 N–H and O–H groups in total. The molecule has 7 nitrogen and oxygen atoms in total. The maximum absolute atomic E-state index is 12.2. The van der Waals surface area contributed by atoms with Gasteiger partial charge in [-0.1, -0.05) is 88.8 Å². The number of carbonyl (C=O) groups excluding carboxylic acids is 3. The predicted octanol–water partition coefficient (Wildman–Crippen LogP) is 6.83. The van der Waals surface area contributed by atoms with Crippen LogP contribution in [0.1, 0.15) is 99.9 Å². The van der Waals surface area contributed by atoms with Crippen molar-refractivity contribution in [2.45, 2.75) is 84.0 Å². The minimum Gasteiger partial charge on any atom is -0.423 e. The molecule has 0 atom stereocenters. The molecule has 2 amide bonds. The topological polar surface area (TPSA) is 96.9 Å². The first-order valence-corrected chi connectivity index (χ1v) is 14.0. The highest BCUT2D eigenvalue weighted by molar-refractivity contribution is 6.30. The molecule has 2 aromatic carbocycles. The molecule has 0 aliphatic carbocycles. The third kappa shape index (κ3) is 13.9. The number of ether oxygens (including phenoxy) is 1. The van der Waals surface area contributed by atoms with Crippen LogP contribution in [-0.2, 0) is 9.59 Å². The van der Waals surface area contributed by atoms with Crippen molar-refractivity contribution in [1.82, 2.24) is 10.7 Å². The second-order valence-corrected chi connectivity index (χ2v) is 9.76. The second kappa shape index (κ2) is 19.0. The fourth-order valence-corrected chi connectivity index (χ4v) is 4.03. The average molecular weight is 542 g/mol. The predicted molar refractivity (Wildman–Crippen MR) is 153 cm³/mol. The van der Waals surface area contributed by atoms with E-state index in [4.69, 9.17) is 16.3 Å². The van der Waals surface area contributed by atoms with Crippen molar-refractivity contribution in [2.75, 3.05) is 6.54 Å². The molecule has 0 saturated heterocycles. The molecular weight excluding hydrogens is 502 g/mol.